The molecule has 0 unspecified atom stereocenters. The summed E-state index contributed by atoms with van der Waals surface area (Å²) in [6, 6.07) is 2.45. The van der Waals surface area contributed by atoms with Gasteiger partial charge in [0, 0.05) is 18.5 Å². The summed E-state index contributed by atoms with van der Waals surface area (Å²) in [6.45, 7) is 0. The molecule has 0 atom stereocenters. The van der Waals surface area contributed by atoms with Crippen LogP contribution >= 0.6 is 11.3 Å². The molecule has 144 valence electrons. The van der Waals surface area contributed by atoms with Crippen LogP contribution in [0.15, 0.2) is 42.1 Å². The Morgan fingerprint density at radius 3 is 2.75 bits per heavy atom. The minimum absolute atomic E-state index is 0.458. The first kappa shape index (κ1) is 18.3. The van der Waals surface area contributed by atoms with E-state index in [9.17, 15) is 0 Å². The molecule has 8 nitrogen and oxygen atoms in total. The molecule has 1 saturated carbocycles. The summed E-state index contributed by atoms with van der Waals surface area (Å²) in [5.41, 5.74) is 2.16. The van der Waals surface area contributed by atoms with Gasteiger partial charge in [-0.25, -0.2) is 15.0 Å². The van der Waals surface area contributed by atoms with E-state index in [1.54, 1.807) is 29.9 Å². The molecule has 28 heavy (non-hydrogen) atoms. The fourth-order valence-electron chi connectivity index (χ4n) is 3.24. The Morgan fingerprint density at radius 1 is 1.14 bits per heavy atom. The van der Waals surface area contributed by atoms with E-state index < -0.39 is 0 Å². The molecular weight excluding hydrogens is 372 g/mol. The normalized spacial score (nSPS) is 15.4. The van der Waals surface area contributed by atoms with E-state index in [1.165, 1.54) is 44.6 Å². The van der Waals surface area contributed by atoms with Crippen LogP contribution in [0.5, 0.6) is 0 Å². The maximum absolute atomic E-state index is 7.67. The third-order valence-electron chi connectivity index (χ3n) is 4.62. The minimum Gasteiger partial charge on any atom is -0.366 e. The number of nitrogens with one attached hydrogen (secondary N) is 4. The molecule has 3 aromatic rings. The van der Waals surface area contributed by atoms with E-state index in [0.717, 1.165) is 21.7 Å². The van der Waals surface area contributed by atoms with Crippen LogP contribution in [0.4, 0.5) is 17.5 Å². The molecule has 3 heterocycles. The Kier molecular flexibility index (Phi) is 5.72. The van der Waals surface area contributed by atoms with Gasteiger partial charge in [-0.3, -0.25) is 0 Å². The number of nitrogens with zero attached hydrogens (tertiary/aromatic N) is 4. The van der Waals surface area contributed by atoms with Crippen molar-refractivity contribution in [3.05, 3.63) is 42.1 Å². The molecule has 0 spiro atoms. The quantitative estimate of drug-likeness (QED) is 0.443. The monoisotopic (exact) mass is 394 g/mol. The van der Waals surface area contributed by atoms with Crippen LogP contribution in [0.3, 0.4) is 0 Å². The molecule has 0 aliphatic heterocycles. The van der Waals surface area contributed by atoms with Gasteiger partial charge in [0.05, 0.1) is 34.0 Å². The molecule has 1 aliphatic rings. The van der Waals surface area contributed by atoms with Crippen molar-refractivity contribution in [1.29, 1.82) is 5.41 Å². The van der Waals surface area contributed by atoms with Gasteiger partial charge in [-0.2, -0.15) is 4.98 Å². The Bertz CT molecular complexity index is 962. The van der Waals surface area contributed by atoms with Gasteiger partial charge in [0.2, 0.25) is 5.95 Å². The van der Waals surface area contributed by atoms with Gasteiger partial charge in [0.1, 0.15) is 12.1 Å². The second kappa shape index (κ2) is 8.75. The lowest BCUT2D eigenvalue weighted by Gasteiger charge is -2.23. The highest BCUT2D eigenvalue weighted by atomic mass is 32.1. The molecule has 0 aromatic carbocycles. The molecule has 0 amide bonds. The van der Waals surface area contributed by atoms with Crippen molar-refractivity contribution in [2.75, 3.05) is 16.0 Å². The average Bonchev–Trinajstić information content (AvgIpc) is 3.21. The molecule has 9 heteroatoms. The molecule has 4 N–H and O–H groups in total. The van der Waals surface area contributed by atoms with Crippen LogP contribution in [0.1, 0.15) is 32.1 Å². The van der Waals surface area contributed by atoms with Crippen molar-refractivity contribution in [3.8, 4) is 0 Å². The SMILES string of the molecule is N=C/C(=C\Nc1cncnc1)Nc1nc(NC2CCCCC2)c2sccc2n1. The number of allylic oxidation sites excluding steroid dienone is 1. The largest absolute Gasteiger partial charge is 0.366 e. The van der Waals surface area contributed by atoms with E-state index in [0.29, 0.717) is 17.7 Å². The molecule has 1 fully saturated rings. The number of fused-ring (bicyclic) bond motifs is 1. The Morgan fingerprint density at radius 2 is 1.96 bits per heavy atom. The number of thiophene rings is 1. The van der Waals surface area contributed by atoms with Crippen LogP contribution in [0.25, 0.3) is 10.2 Å². The van der Waals surface area contributed by atoms with E-state index >= 15 is 0 Å². The maximum atomic E-state index is 7.67. The van der Waals surface area contributed by atoms with Gasteiger partial charge in [-0.05, 0) is 24.3 Å². The fourth-order valence-corrected chi connectivity index (χ4v) is 4.02. The first-order valence-electron chi connectivity index (χ1n) is 9.33. The average molecular weight is 395 g/mol. The molecule has 3 aromatic heterocycles. The zero-order chi connectivity index (χ0) is 19.2. The van der Waals surface area contributed by atoms with Crippen molar-refractivity contribution in [2.24, 2.45) is 0 Å². The van der Waals surface area contributed by atoms with E-state index in [2.05, 4.69) is 30.9 Å². The lowest BCUT2D eigenvalue weighted by Crippen LogP contribution is -2.23. The van der Waals surface area contributed by atoms with Gasteiger partial charge in [0.25, 0.3) is 0 Å². The van der Waals surface area contributed by atoms with Gasteiger partial charge in [-0.15, -0.1) is 11.3 Å². The highest BCUT2D eigenvalue weighted by Gasteiger charge is 2.17. The minimum atomic E-state index is 0.458. The van der Waals surface area contributed by atoms with Crippen molar-refractivity contribution < 1.29 is 0 Å². The van der Waals surface area contributed by atoms with Gasteiger partial charge in [0.15, 0.2) is 0 Å². The number of rotatable bonds is 7. The summed E-state index contributed by atoms with van der Waals surface area (Å²) in [5.74, 6) is 1.33. The van der Waals surface area contributed by atoms with Crippen molar-refractivity contribution in [1.82, 2.24) is 19.9 Å². The predicted octanol–water partition coefficient (Wildman–Crippen LogP) is 4.24. The van der Waals surface area contributed by atoms with E-state index in [4.69, 9.17) is 10.4 Å². The summed E-state index contributed by atoms with van der Waals surface area (Å²) in [5, 5.41) is 19.5. The summed E-state index contributed by atoms with van der Waals surface area (Å²) in [6.07, 6.45) is 13.9. The first-order valence-corrected chi connectivity index (χ1v) is 10.2. The second-order valence-corrected chi connectivity index (χ2v) is 7.57. The Hall–Kier alpha value is -3.07. The lowest BCUT2D eigenvalue weighted by molar-refractivity contribution is 0.462. The third kappa shape index (κ3) is 4.42. The summed E-state index contributed by atoms with van der Waals surface area (Å²) >= 11 is 1.64. The second-order valence-electron chi connectivity index (χ2n) is 6.65. The topological polar surface area (TPSA) is 112 Å². The van der Waals surface area contributed by atoms with Gasteiger partial charge in [-0.1, -0.05) is 19.3 Å². The van der Waals surface area contributed by atoms with Gasteiger partial charge < -0.3 is 21.4 Å². The van der Waals surface area contributed by atoms with Crippen molar-refractivity contribution in [3.63, 3.8) is 0 Å². The number of hydrogen-bond donors (Lipinski definition) is 4. The molecule has 1 aliphatic carbocycles. The highest BCUT2D eigenvalue weighted by Crippen LogP contribution is 2.30. The van der Waals surface area contributed by atoms with E-state index in [1.807, 2.05) is 11.4 Å². The Balaban J connectivity index is 1.54. The van der Waals surface area contributed by atoms with Crippen LogP contribution < -0.4 is 16.0 Å². The van der Waals surface area contributed by atoms with Crippen molar-refractivity contribution in [2.45, 2.75) is 38.1 Å². The van der Waals surface area contributed by atoms with Crippen LogP contribution in [0.2, 0.25) is 0 Å². The zero-order valence-electron chi connectivity index (χ0n) is 15.4. The summed E-state index contributed by atoms with van der Waals surface area (Å²) in [4.78, 5) is 17.2. The molecule has 0 radical (unpaired) electrons. The summed E-state index contributed by atoms with van der Waals surface area (Å²) < 4.78 is 1.07. The zero-order valence-corrected chi connectivity index (χ0v) is 16.2. The fraction of sp³-hybridized carbons (Fsp3) is 0.316. The van der Waals surface area contributed by atoms with E-state index in [-0.39, 0.29) is 0 Å². The Labute approximate surface area is 167 Å². The number of aromatic nitrogens is 4. The first-order chi connectivity index (χ1) is 13.8. The third-order valence-corrected chi connectivity index (χ3v) is 5.53. The summed E-state index contributed by atoms with van der Waals surface area (Å²) in [7, 11) is 0. The van der Waals surface area contributed by atoms with Crippen LogP contribution in [-0.2, 0) is 0 Å². The number of anilines is 3. The molecule has 0 bridgehead atoms. The van der Waals surface area contributed by atoms with Gasteiger partial charge >= 0.3 is 0 Å². The maximum Gasteiger partial charge on any atom is 0.229 e. The predicted molar refractivity (Wildman–Crippen MR) is 114 cm³/mol. The lowest BCUT2D eigenvalue weighted by atomic mass is 9.95. The highest BCUT2D eigenvalue weighted by molar-refractivity contribution is 7.17. The standard InChI is InChI=1S/C19H22N8S/c20-8-14(11-23-15-9-21-12-22-10-15)25-19-26-16-6-7-28-17(16)18(27-19)24-13-4-2-1-3-5-13/h6-13,20,23H,1-5H2,(H2,24,25,26,27)/b14-11+,20-8?. The van der Waals surface area contributed by atoms with Crippen LogP contribution in [-0.4, -0.2) is 32.2 Å². The molecule has 0 saturated heterocycles. The molecular formula is C19H22N8S. The molecule has 4 rings (SSSR count). The smallest absolute Gasteiger partial charge is 0.229 e. The van der Waals surface area contributed by atoms with Crippen LogP contribution in [0, 0.1) is 5.41 Å². The van der Waals surface area contributed by atoms with Crippen molar-refractivity contribution >= 4 is 45.2 Å². The number of hydrogen-bond acceptors (Lipinski definition) is 9.